The highest BCUT2D eigenvalue weighted by molar-refractivity contribution is 5.90. The number of hydrogen-bond acceptors (Lipinski definition) is 3. The minimum Gasteiger partial charge on any atom is -0.465 e. The molecule has 0 aliphatic heterocycles. The van der Waals surface area contributed by atoms with Crippen molar-refractivity contribution in [2.24, 2.45) is 0 Å². The summed E-state index contributed by atoms with van der Waals surface area (Å²) < 4.78 is 61.7. The van der Waals surface area contributed by atoms with Gasteiger partial charge in [-0.05, 0) is 0 Å². The van der Waals surface area contributed by atoms with Gasteiger partial charge in [-0.3, -0.25) is 0 Å². The van der Waals surface area contributed by atoms with E-state index in [1.54, 1.807) is 0 Å². The SMILES string of the molecule is COCc1c(F)c(F)c(C(=O)OC)c(F)c1F. The molecule has 0 saturated heterocycles. The van der Waals surface area contributed by atoms with E-state index in [0.29, 0.717) is 0 Å². The average molecular weight is 252 g/mol. The first kappa shape index (κ1) is 13.4. The molecule has 0 bridgehead atoms. The lowest BCUT2D eigenvalue weighted by Crippen LogP contribution is -2.15. The highest BCUT2D eigenvalue weighted by atomic mass is 19.2. The zero-order valence-corrected chi connectivity index (χ0v) is 8.94. The van der Waals surface area contributed by atoms with Crippen molar-refractivity contribution in [2.75, 3.05) is 14.2 Å². The van der Waals surface area contributed by atoms with Crippen LogP contribution in [0, 0.1) is 23.3 Å². The van der Waals surface area contributed by atoms with E-state index in [1.165, 1.54) is 0 Å². The molecule has 7 heteroatoms. The molecule has 0 aromatic heterocycles. The van der Waals surface area contributed by atoms with E-state index in [9.17, 15) is 22.4 Å². The third-order valence-corrected chi connectivity index (χ3v) is 2.03. The smallest absolute Gasteiger partial charge is 0.344 e. The van der Waals surface area contributed by atoms with Crippen LogP contribution in [0.25, 0.3) is 0 Å². The van der Waals surface area contributed by atoms with Crippen LogP contribution < -0.4 is 0 Å². The molecule has 0 amide bonds. The van der Waals surface area contributed by atoms with Gasteiger partial charge in [-0.15, -0.1) is 0 Å². The quantitative estimate of drug-likeness (QED) is 0.470. The second-order valence-corrected chi connectivity index (χ2v) is 3.03. The standard InChI is InChI=1S/C10H8F4O3/c1-16-3-4-6(11)8(13)5(10(15)17-2)9(14)7(4)12/h3H2,1-2H3. The highest BCUT2D eigenvalue weighted by Gasteiger charge is 2.29. The van der Waals surface area contributed by atoms with E-state index < -0.39 is 47.0 Å². The number of benzene rings is 1. The third-order valence-electron chi connectivity index (χ3n) is 2.03. The monoisotopic (exact) mass is 252 g/mol. The number of ether oxygens (including phenoxy) is 2. The predicted molar refractivity (Wildman–Crippen MR) is 48.3 cm³/mol. The Balaban J connectivity index is 3.52. The van der Waals surface area contributed by atoms with Crippen molar-refractivity contribution in [1.82, 2.24) is 0 Å². The maximum absolute atomic E-state index is 13.3. The van der Waals surface area contributed by atoms with Crippen LogP contribution >= 0.6 is 0 Å². The van der Waals surface area contributed by atoms with E-state index in [4.69, 9.17) is 0 Å². The molecule has 0 fully saturated rings. The molecule has 0 aliphatic rings. The molecule has 1 rings (SSSR count). The first-order valence-electron chi connectivity index (χ1n) is 4.37. The molecule has 3 nitrogen and oxygen atoms in total. The van der Waals surface area contributed by atoms with Crippen LogP contribution in [0.2, 0.25) is 0 Å². The van der Waals surface area contributed by atoms with Gasteiger partial charge in [-0.1, -0.05) is 0 Å². The van der Waals surface area contributed by atoms with Gasteiger partial charge in [0.2, 0.25) is 0 Å². The van der Waals surface area contributed by atoms with Gasteiger partial charge in [-0.2, -0.15) is 0 Å². The molecular weight excluding hydrogens is 244 g/mol. The summed E-state index contributed by atoms with van der Waals surface area (Å²) in [5, 5.41) is 0. The van der Waals surface area contributed by atoms with Crippen LogP contribution in [0.3, 0.4) is 0 Å². The molecule has 0 saturated carbocycles. The summed E-state index contributed by atoms with van der Waals surface area (Å²) in [6.07, 6.45) is 0. The van der Waals surface area contributed by atoms with Crippen molar-refractivity contribution in [1.29, 1.82) is 0 Å². The number of esters is 1. The van der Waals surface area contributed by atoms with Gasteiger partial charge < -0.3 is 9.47 Å². The van der Waals surface area contributed by atoms with Crippen molar-refractivity contribution in [2.45, 2.75) is 6.61 Å². The van der Waals surface area contributed by atoms with Crippen LogP contribution in [-0.2, 0) is 16.1 Å². The zero-order chi connectivity index (χ0) is 13.2. The van der Waals surface area contributed by atoms with Crippen molar-refractivity contribution in [3.05, 3.63) is 34.4 Å². The number of hydrogen-bond donors (Lipinski definition) is 0. The van der Waals surface area contributed by atoms with Gasteiger partial charge in [0, 0.05) is 7.11 Å². The van der Waals surface area contributed by atoms with Crippen LogP contribution in [0.15, 0.2) is 0 Å². The topological polar surface area (TPSA) is 35.5 Å². The second kappa shape index (κ2) is 5.13. The highest BCUT2D eigenvalue weighted by Crippen LogP contribution is 2.25. The summed E-state index contributed by atoms with van der Waals surface area (Å²) in [6.45, 7) is -0.660. The Kier molecular flexibility index (Phi) is 4.06. The fraction of sp³-hybridized carbons (Fsp3) is 0.300. The Labute approximate surface area is 93.9 Å². The lowest BCUT2D eigenvalue weighted by molar-refractivity contribution is 0.0586. The number of carbonyl (C=O) groups is 1. The summed E-state index contributed by atoms with van der Waals surface area (Å²) in [5.41, 5.74) is -2.32. The molecular formula is C10H8F4O3. The lowest BCUT2D eigenvalue weighted by Gasteiger charge is -2.09. The third kappa shape index (κ3) is 2.23. The molecule has 94 valence electrons. The van der Waals surface area contributed by atoms with Crippen LogP contribution in [-0.4, -0.2) is 20.2 Å². The Morgan fingerprint density at radius 1 is 1.00 bits per heavy atom. The maximum atomic E-state index is 13.3. The predicted octanol–water partition coefficient (Wildman–Crippen LogP) is 2.18. The molecule has 0 spiro atoms. The van der Waals surface area contributed by atoms with Crippen molar-refractivity contribution < 1.29 is 31.8 Å². The van der Waals surface area contributed by atoms with Gasteiger partial charge >= 0.3 is 5.97 Å². The first-order valence-corrected chi connectivity index (χ1v) is 4.37. The normalized spacial score (nSPS) is 10.5. The second-order valence-electron chi connectivity index (χ2n) is 3.03. The summed E-state index contributed by atoms with van der Waals surface area (Å²) in [4.78, 5) is 11.0. The van der Waals surface area contributed by atoms with E-state index in [2.05, 4.69) is 9.47 Å². The molecule has 0 unspecified atom stereocenters. The van der Waals surface area contributed by atoms with Crippen LogP contribution in [0.4, 0.5) is 17.6 Å². The zero-order valence-electron chi connectivity index (χ0n) is 8.94. The fourth-order valence-corrected chi connectivity index (χ4v) is 1.23. The van der Waals surface area contributed by atoms with E-state index >= 15 is 0 Å². The Morgan fingerprint density at radius 2 is 1.47 bits per heavy atom. The van der Waals surface area contributed by atoms with E-state index in [0.717, 1.165) is 14.2 Å². The van der Waals surface area contributed by atoms with Gasteiger partial charge in [0.1, 0.15) is 5.56 Å². The fourth-order valence-electron chi connectivity index (χ4n) is 1.23. The van der Waals surface area contributed by atoms with Crippen molar-refractivity contribution >= 4 is 5.97 Å². The van der Waals surface area contributed by atoms with Crippen LogP contribution in [0.5, 0.6) is 0 Å². The minimum absolute atomic E-state index is 0.660. The molecule has 1 aromatic carbocycles. The molecule has 0 atom stereocenters. The summed E-state index contributed by atoms with van der Waals surface area (Å²) in [7, 11) is 1.93. The first-order chi connectivity index (χ1) is 7.95. The van der Waals surface area contributed by atoms with Crippen molar-refractivity contribution in [3.8, 4) is 0 Å². The van der Waals surface area contributed by atoms with Crippen LogP contribution in [0.1, 0.15) is 15.9 Å². The van der Waals surface area contributed by atoms with E-state index in [-0.39, 0.29) is 0 Å². The van der Waals surface area contributed by atoms with Gasteiger partial charge in [-0.25, -0.2) is 22.4 Å². The van der Waals surface area contributed by atoms with Gasteiger partial charge in [0.15, 0.2) is 23.3 Å². The minimum atomic E-state index is -1.80. The number of rotatable bonds is 3. The molecule has 1 aromatic rings. The molecule has 0 radical (unpaired) electrons. The number of carbonyl (C=O) groups excluding carboxylic acids is 1. The lowest BCUT2D eigenvalue weighted by atomic mass is 10.1. The van der Waals surface area contributed by atoms with Gasteiger partial charge in [0.05, 0.1) is 19.3 Å². The van der Waals surface area contributed by atoms with Gasteiger partial charge in [0.25, 0.3) is 0 Å². The Morgan fingerprint density at radius 3 is 1.82 bits per heavy atom. The maximum Gasteiger partial charge on any atom is 0.344 e. The summed E-state index contributed by atoms with van der Waals surface area (Å²) in [6, 6.07) is 0. The molecule has 0 heterocycles. The molecule has 0 N–H and O–H groups in total. The number of methoxy groups -OCH3 is 2. The number of halogens is 4. The van der Waals surface area contributed by atoms with E-state index in [1.807, 2.05) is 0 Å². The molecule has 17 heavy (non-hydrogen) atoms. The van der Waals surface area contributed by atoms with Crippen molar-refractivity contribution in [3.63, 3.8) is 0 Å². The summed E-state index contributed by atoms with van der Waals surface area (Å²) >= 11 is 0. The average Bonchev–Trinajstić information content (AvgIpc) is 2.32. The Bertz CT molecular complexity index is 430. The largest absolute Gasteiger partial charge is 0.465 e. The summed E-state index contributed by atoms with van der Waals surface area (Å²) in [5.74, 6) is -8.45. The molecule has 0 aliphatic carbocycles. The Hall–Kier alpha value is -1.63.